The molecule has 0 aromatic carbocycles. The van der Waals surface area contributed by atoms with Crippen LogP contribution >= 0.6 is 0 Å². The van der Waals surface area contributed by atoms with Gasteiger partial charge in [0.2, 0.25) is 5.91 Å². The third-order valence-electron chi connectivity index (χ3n) is 2.80. The summed E-state index contributed by atoms with van der Waals surface area (Å²) in [6, 6.07) is 3.59. The number of hydrogen-bond donors (Lipinski definition) is 1. The Hall–Kier alpha value is -1.42. The van der Waals surface area contributed by atoms with E-state index in [0.717, 1.165) is 24.2 Å². The van der Waals surface area contributed by atoms with Crippen molar-refractivity contribution in [2.24, 2.45) is 5.73 Å². The van der Waals surface area contributed by atoms with E-state index in [1.165, 1.54) is 0 Å². The zero-order valence-electron chi connectivity index (χ0n) is 8.81. The molecule has 1 fully saturated rings. The maximum absolute atomic E-state index is 11.6. The molecular weight excluding hydrogens is 190 g/mol. The SMILES string of the molecule is Cc1cccnc1CN1CCC(N)C1=O. The van der Waals surface area contributed by atoms with Gasteiger partial charge in [-0.3, -0.25) is 9.78 Å². The Balaban J connectivity index is 2.10. The Bertz CT molecular complexity index is 378. The molecule has 4 nitrogen and oxygen atoms in total. The maximum Gasteiger partial charge on any atom is 0.239 e. The van der Waals surface area contributed by atoms with Crippen molar-refractivity contribution in [1.82, 2.24) is 9.88 Å². The summed E-state index contributed by atoms with van der Waals surface area (Å²) in [5.41, 5.74) is 7.72. The maximum atomic E-state index is 11.6. The number of aromatic nitrogens is 1. The highest BCUT2D eigenvalue weighted by Crippen LogP contribution is 2.14. The number of pyridine rings is 1. The largest absolute Gasteiger partial charge is 0.335 e. The average molecular weight is 205 g/mol. The second kappa shape index (κ2) is 3.98. The van der Waals surface area contributed by atoms with E-state index in [-0.39, 0.29) is 11.9 Å². The average Bonchev–Trinajstić information content (AvgIpc) is 2.53. The van der Waals surface area contributed by atoms with E-state index in [4.69, 9.17) is 5.73 Å². The van der Waals surface area contributed by atoms with Gasteiger partial charge in [0.05, 0.1) is 18.3 Å². The first-order valence-electron chi connectivity index (χ1n) is 5.13. The highest BCUT2D eigenvalue weighted by molar-refractivity contribution is 5.83. The summed E-state index contributed by atoms with van der Waals surface area (Å²) < 4.78 is 0. The van der Waals surface area contributed by atoms with Gasteiger partial charge in [-0.25, -0.2) is 0 Å². The van der Waals surface area contributed by atoms with E-state index < -0.39 is 0 Å². The smallest absolute Gasteiger partial charge is 0.239 e. The standard InChI is InChI=1S/C11H15N3O/c1-8-3-2-5-13-10(8)7-14-6-4-9(12)11(14)15/h2-3,5,9H,4,6-7,12H2,1H3. The van der Waals surface area contributed by atoms with Crippen LogP contribution in [0.4, 0.5) is 0 Å². The second-order valence-corrected chi connectivity index (χ2v) is 3.92. The first-order valence-corrected chi connectivity index (χ1v) is 5.13. The summed E-state index contributed by atoms with van der Waals surface area (Å²) in [6.07, 6.45) is 2.51. The van der Waals surface area contributed by atoms with Crippen molar-refractivity contribution in [2.45, 2.75) is 25.9 Å². The minimum atomic E-state index is -0.311. The van der Waals surface area contributed by atoms with E-state index >= 15 is 0 Å². The molecule has 0 bridgehead atoms. The summed E-state index contributed by atoms with van der Waals surface area (Å²) in [4.78, 5) is 17.6. The fourth-order valence-corrected chi connectivity index (χ4v) is 1.78. The van der Waals surface area contributed by atoms with Crippen molar-refractivity contribution < 1.29 is 4.79 Å². The first-order chi connectivity index (χ1) is 7.18. The van der Waals surface area contributed by atoms with Crippen LogP contribution < -0.4 is 5.73 Å². The first kappa shape index (κ1) is 10.1. The Morgan fingerprint density at radius 2 is 2.47 bits per heavy atom. The lowest BCUT2D eigenvalue weighted by Crippen LogP contribution is -2.33. The summed E-state index contributed by atoms with van der Waals surface area (Å²) in [6.45, 7) is 3.33. The number of nitrogens with two attached hydrogens (primary N) is 1. The van der Waals surface area contributed by atoms with E-state index in [1.807, 2.05) is 19.1 Å². The summed E-state index contributed by atoms with van der Waals surface area (Å²) in [7, 11) is 0. The molecule has 0 saturated carbocycles. The molecular formula is C11H15N3O. The number of rotatable bonds is 2. The third-order valence-corrected chi connectivity index (χ3v) is 2.80. The molecule has 4 heteroatoms. The number of likely N-dealkylation sites (tertiary alicyclic amines) is 1. The van der Waals surface area contributed by atoms with Crippen molar-refractivity contribution in [3.8, 4) is 0 Å². The molecule has 1 aromatic rings. The van der Waals surface area contributed by atoms with E-state index in [2.05, 4.69) is 4.98 Å². The van der Waals surface area contributed by atoms with Crippen LogP contribution in [0, 0.1) is 6.92 Å². The number of aryl methyl sites for hydroxylation is 1. The van der Waals surface area contributed by atoms with Gasteiger partial charge in [-0.1, -0.05) is 6.07 Å². The number of nitrogens with zero attached hydrogens (tertiary/aromatic N) is 2. The van der Waals surface area contributed by atoms with Gasteiger partial charge >= 0.3 is 0 Å². The molecule has 0 radical (unpaired) electrons. The fourth-order valence-electron chi connectivity index (χ4n) is 1.78. The highest BCUT2D eigenvalue weighted by Gasteiger charge is 2.28. The summed E-state index contributed by atoms with van der Waals surface area (Å²) in [5, 5.41) is 0. The molecule has 0 aliphatic carbocycles. The van der Waals surface area contributed by atoms with Gasteiger partial charge in [-0.05, 0) is 25.0 Å². The highest BCUT2D eigenvalue weighted by atomic mass is 16.2. The van der Waals surface area contributed by atoms with Crippen molar-refractivity contribution >= 4 is 5.91 Å². The Kier molecular flexibility index (Phi) is 2.68. The van der Waals surface area contributed by atoms with E-state index in [1.54, 1.807) is 11.1 Å². The van der Waals surface area contributed by atoms with Gasteiger partial charge in [0.15, 0.2) is 0 Å². The third kappa shape index (κ3) is 1.99. The number of carbonyl (C=O) groups excluding carboxylic acids is 1. The summed E-state index contributed by atoms with van der Waals surface area (Å²) in [5.74, 6) is 0.0417. The van der Waals surface area contributed by atoms with Gasteiger partial charge in [0, 0.05) is 12.7 Å². The monoisotopic (exact) mass is 205 g/mol. The van der Waals surface area contributed by atoms with Gasteiger partial charge in [0.1, 0.15) is 0 Å². The van der Waals surface area contributed by atoms with Gasteiger partial charge in [-0.2, -0.15) is 0 Å². The molecule has 80 valence electrons. The molecule has 1 unspecified atom stereocenters. The lowest BCUT2D eigenvalue weighted by Gasteiger charge is -2.16. The molecule has 1 aliphatic heterocycles. The Labute approximate surface area is 89.1 Å². The lowest BCUT2D eigenvalue weighted by atomic mass is 10.2. The van der Waals surface area contributed by atoms with Crippen LogP contribution in [-0.4, -0.2) is 28.4 Å². The predicted octanol–water partition coefficient (Wildman–Crippen LogP) is 0.450. The molecule has 1 amide bonds. The van der Waals surface area contributed by atoms with E-state index in [0.29, 0.717) is 6.54 Å². The van der Waals surface area contributed by atoms with Crippen molar-refractivity contribution in [3.63, 3.8) is 0 Å². The van der Waals surface area contributed by atoms with Crippen LogP contribution in [0.25, 0.3) is 0 Å². The zero-order chi connectivity index (χ0) is 10.8. The number of amides is 1. The molecule has 2 N–H and O–H groups in total. The van der Waals surface area contributed by atoms with Gasteiger partial charge in [-0.15, -0.1) is 0 Å². The lowest BCUT2D eigenvalue weighted by molar-refractivity contribution is -0.129. The minimum Gasteiger partial charge on any atom is -0.335 e. The molecule has 2 rings (SSSR count). The normalized spacial score (nSPS) is 21.1. The van der Waals surface area contributed by atoms with Crippen LogP contribution in [-0.2, 0) is 11.3 Å². The van der Waals surface area contributed by atoms with Crippen molar-refractivity contribution in [1.29, 1.82) is 0 Å². The second-order valence-electron chi connectivity index (χ2n) is 3.92. The van der Waals surface area contributed by atoms with Crippen molar-refractivity contribution in [2.75, 3.05) is 6.54 Å². The molecule has 0 spiro atoms. The summed E-state index contributed by atoms with van der Waals surface area (Å²) >= 11 is 0. The molecule has 1 atom stereocenters. The predicted molar refractivity (Wildman–Crippen MR) is 57.0 cm³/mol. The fraction of sp³-hybridized carbons (Fsp3) is 0.455. The van der Waals surface area contributed by atoms with Gasteiger partial charge in [0.25, 0.3) is 0 Å². The Morgan fingerprint density at radius 1 is 1.67 bits per heavy atom. The Morgan fingerprint density at radius 3 is 3.07 bits per heavy atom. The van der Waals surface area contributed by atoms with Crippen LogP contribution in [0.3, 0.4) is 0 Å². The van der Waals surface area contributed by atoms with E-state index in [9.17, 15) is 4.79 Å². The molecule has 15 heavy (non-hydrogen) atoms. The molecule has 2 heterocycles. The van der Waals surface area contributed by atoms with Crippen LogP contribution in [0.1, 0.15) is 17.7 Å². The van der Waals surface area contributed by atoms with Crippen LogP contribution in [0.5, 0.6) is 0 Å². The molecule has 1 aromatic heterocycles. The quantitative estimate of drug-likeness (QED) is 0.762. The van der Waals surface area contributed by atoms with Crippen LogP contribution in [0.2, 0.25) is 0 Å². The van der Waals surface area contributed by atoms with Gasteiger partial charge < -0.3 is 10.6 Å². The number of carbonyl (C=O) groups is 1. The topological polar surface area (TPSA) is 59.2 Å². The van der Waals surface area contributed by atoms with Crippen molar-refractivity contribution in [3.05, 3.63) is 29.6 Å². The minimum absolute atomic E-state index is 0.0417. The number of hydrogen-bond acceptors (Lipinski definition) is 3. The zero-order valence-corrected chi connectivity index (χ0v) is 8.81. The van der Waals surface area contributed by atoms with Crippen LogP contribution in [0.15, 0.2) is 18.3 Å². The molecule has 1 saturated heterocycles. The molecule has 1 aliphatic rings.